The number of benzene rings is 2. The molecule has 4 rings (SSSR count). The average molecular weight is 395 g/mol. The third-order valence-electron chi connectivity index (χ3n) is 4.73. The van der Waals surface area contributed by atoms with Crippen LogP contribution in [0, 0.1) is 0 Å². The number of hydrogen-bond acceptors (Lipinski definition) is 5. The van der Waals surface area contributed by atoms with Crippen LogP contribution in [-0.2, 0) is 6.42 Å². The maximum atomic E-state index is 12.5. The molecule has 28 heavy (non-hydrogen) atoms. The van der Waals surface area contributed by atoms with Gasteiger partial charge in [0.2, 0.25) is 5.95 Å². The van der Waals surface area contributed by atoms with Crippen molar-refractivity contribution in [2.75, 3.05) is 17.3 Å². The lowest BCUT2D eigenvalue weighted by Crippen LogP contribution is -2.26. The molecule has 0 fully saturated rings. The first-order valence-corrected chi connectivity index (χ1v) is 9.28. The molecule has 1 N–H and O–H groups in total. The number of aromatic nitrogens is 2. The summed E-state index contributed by atoms with van der Waals surface area (Å²) in [5.41, 5.74) is 3.33. The molecule has 3 aromatic rings. The number of fused-ring (bicyclic) bond motifs is 1. The van der Waals surface area contributed by atoms with E-state index in [9.17, 15) is 4.79 Å². The highest BCUT2D eigenvalue weighted by atomic mass is 35.5. The molecule has 2 heterocycles. The molecule has 0 saturated heterocycles. The van der Waals surface area contributed by atoms with Crippen molar-refractivity contribution in [1.82, 2.24) is 9.97 Å². The zero-order chi connectivity index (χ0) is 19.7. The lowest BCUT2D eigenvalue weighted by atomic mass is 10.1. The minimum Gasteiger partial charge on any atom is -0.495 e. The molecule has 6 nitrogen and oxygen atoms in total. The zero-order valence-corrected chi connectivity index (χ0v) is 16.3. The summed E-state index contributed by atoms with van der Waals surface area (Å²) in [4.78, 5) is 23.4. The summed E-state index contributed by atoms with van der Waals surface area (Å²) in [5.74, 6) is 0.830. The first kappa shape index (κ1) is 18.3. The van der Waals surface area contributed by atoms with E-state index in [1.807, 2.05) is 12.1 Å². The third kappa shape index (κ3) is 3.39. The van der Waals surface area contributed by atoms with Gasteiger partial charge in [-0.1, -0.05) is 29.8 Å². The molecule has 0 radical (unpaired) electrons. The number of rotatable bonds is 4. The van der Waals surface area contributed by atoms with Crippen LogP contribution in [-0.4, -0.2) is 29.0 Å². The Morgan fingerprint density at radius 3 is 2.68 bits per heavy atom. The Morgan fingerprint density at radius 2 is 1.96 bits per heavy atom. The molecule has 1 aliphatic rings. The molecule has 1 amide bonds. The van der Waals surface area contributed by atoms with Gasteiger partial charge in [0.1, 0.15) is 5.75 Å². The van der Waals surface area contributed by atoms with Crippen molar-refractivity contribution in [3.63, 3.8) is 0 Å². The SMILES string of the molecule is COc1ccc(NC(=O)c2cnc(N3c4ccccc4CC3C)nc2)cc1Cl. The normalized spacial score (nSPS) is 15.2. The average Bonchev–Trinajstić information content (AvgIpc) is 3.04. The van der Waals surface area contributed by atoms with Crippen molar-refractivity contribution in [2.45, 2.75) is 19.4 Å². The van der Waals surface area contributed by atoms with Crippen LogP contribution in [0.3, 0.4) is 0 Å². The molecule has 1 aromatic heterocycles. The lowest BCUT2D eigenvalue weighted by molar-refractivity contribution is 0.102. The van der Waals surface area contributed by atoms with Crippen molar-refractivity contribution in [3.05, 3.63) is 71.0 Å². The lowest BCUT2D eigenvalue weighted by Gasteiger charge is -2.22. The van der Waals surface area contributed by atoms with Gasteiger partial charge in [-0.15, -0.1) is 0 Å². The molecule has 0 bridgehead atoms. The Bertz CT molecular complexity index is 1020. The molecule has 7 heteroatoms. The first-order chi connectivity index (χ1) is 13.6. The summed E-state index contributed by atoms with van der Waals surface area (Å²) < 4.78 is 5.12. The van der Waals surface area contributed by atoms with Gasteiger partial charge in [0.15, 0.2) is 0 Å². The second kappa shape index (κ2) is 7.48. The van der Waals surface area contributed by atoms with Crippen LogP contribution < -0.4 is 15.0 Å². The number of halogens is 1. The highest BCUT2D eigenvalue weighted by Crippen LogP contribution is 2.36. The van der Waals surface area contributed by atoms with Crippen LogP contribution >= 0.6 is 11.6 Å². The highest BCUT2D eigenvalue weighted by Gasteiger charge is 2.28. The number of ether oxygens (including phenoxy) is 1. The number of carbonyl (C=O) groups excluding carboxylic acids is 1. The topological polar surface area (TPSA) is 67.3 Å². The van der Waals surface area contributed by atoms with E-state index in [2.05, 4.69) is 39.2 Å². The largest absolute Gasteiger partial charge is 0.495 e. The number of carbonyl (C=O) groups is 1. The second-order valence-electron chi connectivity index (χ2n) is 6.63. The number of nitrogens with zero attached hydrogens (tertiary/aromatic N) is 3. The predicted molar refractivity (Wildman–Crippen MR) is 110 cm³/mol. The molecule has 142 valence electrons. The Balaban J connectivity index is 1.52. The van der Waals surface area contributed by atoms with Crippen molar-refractivity contribution in [2.24, 2.45) is 0 Å². The number of nitrogens with one attached hydrogen (secondary N) is 1. The van der Waals surface area contributed by atoms with E-state index in [0.29, 0.717) is 28.0 Å². The molecule has 1 unspecified atom stereocenters. The zero-order valence-electron chi connectivity index (χ0n) is 15.5. The molecule has 0 aliphatic carbocycles. The van der Waals surface area contributed by atoms with Crippen molar-refractivity contribution in [1.29, 1.82) is 0 Å². The molecular formula is C21H19ClN4O2. The van der Waals surface area contributed by atoms with Crippen LogP contribution in [0.2, 0.25) is 5.02 Å². The standard InChI is InChI=1S/C21H19ClN4O2/c1-13-9-14-5-3-4-6-18(14)26(13)21-23-11-15(12-24-21)20(27)25-16-7-8-19(28-2)17(22)10-16/h3-8,10-13H,9H2,1-2H3,(H,25,27). The Labute approximate surface area is 168 Å². The van der Waals surface area contributed by atoms with E-state index < -0.39 is 0 Å². The van der Waals surface area contributed by atoms with E-state index in [1.54, 1.807) is 18.2 Å². The second-order valence-corrected chi connectivity index (χ2v) is 7.03. The summed E-state index contributed by atoms with van der Waals surface area (Å²) in [7, 11) is 1.54. The third-order valence-corrected chi connectivity index (χ3v) is 5.03. The van der Waals surface area contributed by atoms with Crippen LogP contribution in [0.15, 0.2) is 54.9 Å². The molecule has 0 spiro atoms. The van der Waals surface area contributed by atoms with Crippen LogP contribution in [0.1, 0.15) is 22.8 Å². The molecular weight excluding hydrogens is 376 g/mol. The van der Waals surface area contributed by atoms with E-state index >= 15 is 0 Å². The van der Waals surface area contributed by atoms with Crippen LogP contribution in [0.25, 0.3) is 0 Å². The van der Waals surface area contributed by atoms with Gasteiger partial charge in [-0.05, 0) is 43.2 Å². The maximum Gasteiger partial charge on any atom is 0.258 e. The summed E-state index contributed by atoms with van der Waals surface area (Å²) >= 11 is 6.10. The summed E-state index contributed by atoms with van der Waals surface area (Å²) in [6.07, 6.45) is 4.02. The summed E-state index contributed by atoms with van der Waals surface area (Å²) in [6, 6.07) is 13.5. The Hall–Kier alpha value is -3.12. The Kier molecular flexibility index (Phi) is 4.88. The first-order valence-electron chi connectivity index (χ1n) is 8.91. The van der Waals surface area contributed by atoms with Gasteiger partial charge in [-0.3, -0.25) is 4.79 Å². The van der Waals surface area contributed by atoms with Gasteiger partial charge in [0, 0.05) is 29.8 Å². The van der Waals surface area contributed by atoms with Crippen LogP contribution in [0.4, 0.5) is 17.3 Å². The number of methoxy groups -OCH3 is 1. The highest BCUT2D eigenvalue weighted by molar-refractivity contribution is 6.32. The van der Waals surface area contributed by atoms with Crippen molar-refractivity contribution in [3.8, 4) is 5.75 Å². The molecule has 0 saturated carbocycles. The number of amides is 1. The van der Waals surface area contributed by atoms with Gasteiger partial charge in [-0.2, -0.15) is 0 Å². The van der Waals surface area contributed by atoms with Gasteiger partial charge >= 0.3 is 0 Å². The van der Waals surface area contributed by atoms with Crippen LogP contribution in [0.5, 0.6) is 5.75 Å². The fraction of sp³-hybridized carbons (Fsp3) is 0.190. The quantitative estimate of drug-likeness (QED) is 0.707. The van der Waals surface area contributed by atoms with E-state index in [0.717, 1.165) is 12.1 Å². The van der Waals surface area contributed by atoms with Gasteiger partial charge < -0.3 is 15.0 Å². The maximum absolute atomic E-state index is 12.5. The summed E-state index contributed by atoms with van der Waals surface area (Å²) in [5, 5.41) is 3.22. The smallest absolute Gasteiger partial charge is 0.258 e. The fourth-order valence-corrected chi connectivity index (χ4v) is 3.64. The van der Waals surface area contributed by atoms with Gasteiger partial charge in [0.05, 0.1) is 17.7 Å². The molecule has 1 atom stereocenters. The predicted octanol–water partition coefficient (Wildman–Crippen LogP) is 4.47. The van der Waals surface area contributed by atoms with E-state index in [1.165, 1.54) is 25.1 Å². The van der Waals surface area contributed by atoms with E-state index in [-0.39, 0.29) is 11.9 Å². The monoisotopic (exact) mass is 394 g/mol. The van der Waals surface area contributed by atoms with Crippen molar-refractivity contribution < 1.29 is 9.53 Å². The fourth-order valence-electron chi connectivity index (χ4n) is 3.38. The minimum atomic E-state index is -0.303. The van der Waals surface area contributed by atoms with Crippen molar-refractivity contribution >= 4 is 34.8 Å². The Morgan fingerprint density at radius 1 is 1.21 bits per heavy atom. The molecule has 2 aromatic carbocycles. The van der Waals surface area contributed by atoms with Gasteiger partial charge in [-0.25, -0.2) is 9.97 Å². The van der Waals surface area contributed by atoms with E-state index in [4.69, 9.17) is 16.3 Å². The molecule has 1 aliphatic heterocycles. The number of anilines is 3. The number of hydrogen-bond donors (Lipinski definition) is 1. The summed E-state index contributed by atoms with van der Waals surface area (Å²) in [6.45, 7) is 2.14. The number of para-hydroxylation sites is 1. The van der Waals surface area contributed by atoms with Gasteiger partial charge in [0.25, 0.3) is 5.91 Å². The minimum absolute atomic E-state index is 0.263.